The van der Waals surface area contributed by atoms with Crippen molar-refractivity contribution in [2.24, 2.45) is 0 Å². The van der Waals surface area contributed by atoms with Gasteiger partial charge < -0.3 is 10.6 Å². The van der Waals surface area contributed by atoms with Gasteiger partial charge in [-0.1, -0.05) is 42.0 Å². The van der Waals surface area contributed by atoms with Crippen LogP contribution in [0.25, 0.3) is 0 Å². The van der Waals surface area contributed by atoms with E-state index in [0.29, 0.717) is 0 Å². The molecule has 2 aromatic rings. The summed E-state index contributed by atoms with van der Waals surface area (Å²) < 4.78 is 0. The molecular weight excluding hydrogens is 260 g/mol. The molecule has 21 heavy (non-hydrogen) atoms. The highest BCUT2D eigenvalue weighted by atomic mass is 16.2. The Morgan fingerprint density at radius 2 is 1.71 bits per heavy atom. The molecule has 0 heterocycles. The van der Waals surface area contributed by atoms with Crippen LogP contribution in [0, 0.1) is 20.8 Å². The van der Waals surface area contributed by atoms with Crippen molar-refractivity contribution in [2.75, 3.05) is 5.32 Å². The van der Waals surface area contributed by atoms with Gasteiger partial charge in [-0.25, -0.2) is 4.79 Å². The first-order valence-electron chi connectivity index (χ1n) is 7.17. The minimum Gasteiger partial charge on any atom is -0.331 e. The number of rotatable bonds is 3. The zero-order chi connectivity index (χ0) is 15.4. The van der Waals surface area contributed by atoms with Crippen LogP contribution in [-0.4, -0.2) is 6.03 Å². The predicted octanol–water partition coefficient (Wildman–Crippen LogP) is 4.49. The Balaban J connectivity index is 2.06. The lowest BCUT2D eigenvalue weighted by Crippen LogP contribution is -2.31. The minimum atomic E-state index is -0.183. The number of hydrogen-bond donors (Lipinski definition) is 2. The summed E-state index contributed by atoms with van der Waals surface area (Å²) in [5.74, 6) is 0. The molecule has 0 bridgehead atoms. The molecule has 2 amide bonds. The number of hydrogen-bond acceptors (Lipinski definition) is 1. The zero-order valence-electron chi connectivity index (χ0n) is 13.0. The highest BCUT2D eigenvalue weighted by Crippen LogP contribution is 2.19. The fourth-order valence-electron chi connectivity index (χ4n) is 2.37. The van der Waals surface area contributed by atoms with E-state index in [1.807, 2.05) is 38.1 Å². The first-order chi connectivity index (χ1) is 9.97. The van der Waals surface area contributed by atoms with Crippen LogP contribution >= 0.6 is 0 Å². The summed E-state index contributed by atoms with van der Waals surface area (Å²) in [7, 11) is 0. The third-order valence-corrected chi connectivity index (χ3v) is 3.64. The topological polar surface area (TPSA) is 41.1 Å². The Bertz CT molecular complexity index is 649. The molecule has 0 unspecified atom stereocenters. The fraction of sp³-hybridized carbons (Fsp3) is 0.278. The molecule has 2 aromatic carbocycles. The first kappa shape index (κ1) is 15.1. The number of carbonyl (C=O) groups excluding carboxylic acids is 1. The fourth-order valence-corrected chi connectivity index (χ4v) is 2.37. The molecule has 3 heteroatoms. The van der Waals surface area contributed by atoms with Crippen LogP contribution in [-0.2, 0) is 0 Å². The van der Waals surface area contributed by atoms with Crippen LogP contribution in [0.15, 0.2) is 42.5 Å². The number of urea groups is 1. The van der Waals surface area contributed by atoms with Gasteiger partial charge in [-0.2, -0.15) is 0 Å². The average Bonchev–Trinajstić information content (AvgIpc) is 2.44. The number of amides is 2. The van der Waals surface area contributed by atoms with Gasteiger partial charge >= 0.3 is 6.03 Å². The third kappa shape index (κ3) is 3.85. The molecule has 2 N–H and O–H groups in total. The summed E-state index contributed by atoms with van der Waals surface area (Å²) >= 11 is 0. The van der Waals surface area contributed by atoms with Crippen molar-refractivity contribution in [2.45, 2.75) is 33.7 Å². The van der Waals surface area contributed by atoms with Gasteiger partial charge in [-0.3, -0.25) is 0 Å². The van der Waals surface area contributed by atoms with Crippen LogP contribution in [0.5, 0.6) is 0 Å². The van der Waals surface area contributed by atoms with Gasteiger partial charge in [-0.15, -0.1) is 0 Å². The largest absolute Gasteiger partial charge is 0.331 e. The molecule has 3 nitrogen and oxygen atoms in total. The maximum atomic E-state index is 12.1. The van der Waals surface area contributed by atoms with Crippen molar-refractivity contribution in [3.05, 3.63) is 64.7 Å². The van der Waals surface area contributed by atoms with E-state index in [2.05, 4.69) is 42.7 Å². The summed E-state index contributed by atoms with van der Waals surface area (Å²) in [6.07, 6.45) is 0. The number of anilines is 1. The molecule has 0 aromatic heterocycles. The summed E-state index contributed by atoms with van der Waals surface area (Å²) in [5, 5.41) is 5.88. The molecule has 0 fully saturated rings. The van der Waals surface area contributed by atoms with Crippen molar-refractivity contribution < 1.29 is 4.79 Å². The van der Waals surface area contributed by atoms with Crippen molar-refractivity contribution in [1.29, 1.82) is 0 Å². The smallest absolute Gasteiger partial charge is 0.319 e. The molecule has 0 saturated heterocycles. The normalized spacial score (nSPS) is 11.8. The summed E-state index contributed by atoms with van der Waals surface area (Å²) in [6.45, 7) is 8.10. The van der Waals surface area contributed by atoms with Gasteiger partial charge in [0.15, 0.2) is 0 Å². The van der Waals surface area contributed by atoms with E-state index in [1.54, 1.807) is 0 Å². The number of benzene rings is 2. The molecule has 2 rings (SSSR count). The molecule has 0 aliphatic rings. The van der Waals surface area contributed by atoms with Gasteiger partial charge in [0.25, 0.3) is 0 Å². The molecule has 1 atom stereocenters. The Morgan fingerprint density at radius 3 is 2.43 bits per heavy atom. The minimum absolute atomic E-state index is 0.0334. The highest BCUT2D eigenvalue weighted by Gasteiger charge is 2.12. The first-order valence-corrected chi connectivity index (χ1v) is 7.17. The molecule has 110 valence electrons. The second-order valence-corrected chi connectivity index (χ2v) is 5.50. The average molecular weight is 282 g/mol. The van der Waals surface area contributed by atoms with Gasteiger partial charge in [0.2, 0.25) is 0 Å². The van der Waals surface area contributed by atoms with E-state index in [1.165, 1.54) is 11.1 Å². The predicted molar refractivity (Wildman–Crippen MR) is 87.7 cm³/mol. The highest BCUT2D eigenvalue weighted by molar-refractivity contribution is 5.90. The third-order valence-electron chi connectivity index (χ3n) is 3.64. The number of aryl methyl sites for hydroxylation is 3. The maximum absolute atomic E-state index is 12.1. The van der Waals surface area contributed by atoms with E-state index >= 15 is 0 Å². The van der Waals surface area contributed by atoms with E-state index in [-0.39, 0.29) is 12.1 Å². The SMILES string of the molecule is Cc1ccc(C)c([C@@H](C)NC(=O)Nc2ccccc2C)c1. The van der Waals surface area contributed by atoms with E-state index in [9.17, 15) is 4.79 Å². The lowest BCUT2D eigenvalue weighted by Gasteiger charge is -2.18. The number of nitrogens with one attached hydrogen (secondary N) is 2. The Morgan fingerprint density at radius 1 is 1.00 bits per heavy atom. The molecule has 0 saturated carbocycles. The summed E-state index contributed by atoms with van der Waals surface area (Å²) in [5.41, 5.74) is 5.41. The van der Waals surface area contributed by atoms with Gasteiger partial charge in [0.05, 0.1) is 6.04 Å². The molecule has 0 aliphatic heterocycles. The lowest BCUT2D eigenvalue weighted by atomic mass is 10.0. The van der Waals surface area contributed by atoms with Crippen LogP contribution < -0.4 is 10.6 Å². The summed E-state index contributed by atoms with van der Waals surface area (Å²) in [4.78, 5) is 12.1. The summed E-state index contributed by atoms with van der Waals surface area (Å²) in [6, 6.07) is 13.8. The zero-order valence-corrected chi connectivity index (χ0v) is 13.0. The number of carbonyl (C=O) groups is 1. The maximum Gasteiger partial charge on any atom is 0.319 e. The van der Waals surface area contributed by atoms with Crippen LogP contribution in [0.2, 0.25) is 0 Å². The van der Waals surface area contributed by atoms with Crippen molar-refractivity contribution in [1.82, 2.24) is 5.32 Å². The van der Waals surface area contributed by atoms with Crippen LogP contribution in [0.1, 0.15) is 35.2 Å². The molecule has 0 spiro atoms. The second-order valence-electron chi connectivity index (χ2n) is 5.50. The molecule has 0 aliphatic carbocycles. The van der Waals surface area contributed by atoms with Crippen molar-refractivity contribution in [3.63, 3.8) is 0 Å². The quantitative estimate of drug-likeness (QED) is 0.855. The van der Waals surface area contributed by atoms with Gasteiger partial charge in [-0.05, 0) is 50.5 Å². The van der Waals surface area contributed by atoms with E-state index in [4.69, 9.17) is 0 Å². The van der Waals surface area contributed by atoms with Gasteiger partial charge in [0.1, 0.15) is 0 Å². The van der Waals surface area contributed by atoms with Crippen LogP contribution in [0.3, 0.4) is 0 Å². The monoisotopic (exact) mass is 282 g/mol. The molecule has 0 radical (unpaired) electrons. The standard InChI is InChI=1S/C18H22N2O/c1-12-9-10-13(2)16(11-12)15(4)19-18(21)20-17-8-6-5-7-14(17)3/h5-11,15H,1-4H3,(H2,19,20,21)/t15-/m1/s1. The van der Waals surface area contributed by atoms with Crippen LogP contribution in [0.4, 0.5) is 10.5 Å². The molecular formula is C18H22N2O. The van der Waals surface area contributed by atoms with Crippen molar-refractivity contribution >= 4 is 11.7 Å². The number of para-hydroxylation sites is 1. The lowest BCUT2D eigenvalue weighted by molar-refractivity contribution is 0.249. The Hall–Kier alpha value is -2.29. The van der Waals surface area contributed by atoms with Crippen molar-refractivity contribution in [3.8, 4) is 0 Å². The Labute approximate surface area is 126 Å². The van der Waals surface area contributed by atoms with Gasteiger partial charge in [0, 0.05) is 5.69 Å². The Kier molecular flexibility index (Phi) is 4.63. The second kappa shape index (κ2) is 6.44. The van der Waals surface area contributed by atoms with E-state index in [0.717, 1.165) is 16.8 Å². The van der Waals surface area contributed by atoms with E-state index < -0.39 is 0 Å².